The van der Waals surface area contributed by atoms with Gasteiger partial charge in [-0.1, -0.05) is 57.2 Å². The van der Waals surface area contributed by atoms with E-state index < -0.39 is 11.8 Å². The predicted molar refractivity (Wildman–Crippen MR) is 143 cm³/mol. The maximum Gasteiger partial charge on any atom is 0.573 e. The molecule has 0 bridgehead atoms. The third kappa shape index (κ3) is 7.52. The molecular weight excluding hydrogens is 509 g/mol. The van der Waals surface area contributed by atoms with Crippen molar-refractivity contribution in [1.82, 2.24) is 4.90 Å². The van der Waals surface area contributed by atoms with E-state index in [1.54, 1.807) is 42.5 Å². The van der Waals surface area contributed by atoms with Crippen LogP contribution in [0, 0.1) is 5.41 Å². The van der Waals surface area contributed by atoms with Gasteiger partial charge in [0.2, 0.25) is 5.91 Å². The van der Waals surface area contributed by atoms with Gasteiger partial charge in [0, 0.05) is 48.7 Å². The molecule has 0 aliphatic carbocycles. The van der Waals surface area contributed by atoms with E-state index in [4.69, 9.17) is 4.74 Å². The van der Waals surface area contributed by atoms with Crippen molar-refractivity contribution in [2.45, 2.75) is 46.1 Å². The molecule has 0 saturated carbocycles. The standard InChI is InChI=1S/C30H31F3N2O4/c1-29(2,3)28(37)35-17-15-22(16-18-35)38-24-8-6-7-21(19-24)34-27(36)26-10-5-4-9-25(26)20-11-13-23(14-12-20)39-30(31,32)33/h4-14,19,22H,15-18H2,1-3H3,(H,34,36). The molecule has 1 saturated heterocycles. The SMILES string of the molecule is CC(C)(C)C(=O)N1CCC(Oc2cccc(NC(=O)c3ccccc3-c3ccc(OC(F)(F)F)cc3)c2)CC1. The summed E-state index contributed by atoms with van der Waals surface area (Å²) < 4.78 is 47.6. The van der Waals surface area contributed by atoms with Crippen LogP contribution in [0.15, 0.2) is 72.8 Å². The molecule has 1 N–H and O–H groups in total. The normalized spacial score (nSPS) is 14.6. The van der Waals surface area contributed by atoms with Crippen LogP contribution >= 0.6 is 0 Å². The van der Waals surface area contributed by atoms with Gasteiger partial charge in [0.15, 0.2) is 0 Å². The van der Waals surface area contributed by atoms with Crippen molar-refractivity contribution >= 4 is 17.5 Å². The first kappa shape index (κ1) is 28.0. The number of anilines is 1. The number of halogens is 3. The van der Waals surface area contributed by atoms with Crippen molar-refractivity contribution in [2.75, 3.05) is 18.4 Å². The fraction of sp³-hybridized carbons (Fsp3) is 0.333. The average molecular weight is 541 g/mol. The maximum absolute atomic E-state index is 13.2. The van der Waals surface area contributed by atoms with Crippen molar-refractivity contribution in [1.29, 1.82) is 0 Å². The summed E-state index contributed by atoms with van der Waals surface area (Å²) in [5.74, 6) is 0.0438. The minimum absolute atomic E-state index is 0.0370. The van der Waals surface area contributed by atoms with Crippen molar-refractivity contribution in [2.24, 2.45) is 5.41 Å². The number of benzene rings is 3. The zero-order chi connectivity index (χ0) is 28.2. The van der Waals surface area contributed by atoms with Gasteiger partial charge in [-0.15, -0.1) is 13.2 Å². The van der Waals surface area contributed by atoms with Crippen LogP contribution in [0.25, 0.3) is 11.1 Å². The summed E-state index contributed by atoms with van der Waals surface area (Å²) in [6.45, 7) is 7.02. The number of likely N-dealkylation sites (tertiary alicyclic amines) is 1. The van der Waals surface area contributed by atoms with Crippen LogP contribution in [0.2, 0.25) is 0 Å². The molecule has 1 fully saturated rings. The Morgan fingerprint density at radius 2 is 1.54 bits per heavy atom. The van der Waals surface area contributed by atoms with Crippen molar-refractivity contribution in [3.05, 3.63) is 78.4 Å². The molecule has 0 radical (unpaired) electrons. The Bertz CT molecular complexity index is 1310. The lowest BCUT2D eigenvalue weighted by Crippen LogP contribution is -2.46. The molecule has 1 aliphatic rings. The second-order valence-corrected chi connectivity index (χ2v) is 10.5. The largest absolute Gasteiger partial charge is 0.573 e. The molecule has 9 heteroatoms. The quantitative estimate of drug-likeness (QED) is 0.369. The highest BCUT2D eigenvalue weighted by Crippen LogP contribution is 2.30. The lowest BCUT2D eigenvalue weighted by Gasteiger charge is -2.35. The summed E-state index contributed by atoms with van der Waals surface area (Å²) >= 11 is 0. The minimum Gasteiger partial charge on any atom is -0.490 e. The maximum atomic E-state index is 13.2. The summed E-state index contributed by atoms with van der Waals surface area (Å²) in [4.78, 5) is 27.6. The van der Waals surface area contributed by atoms with Crippen molar-refractivity contribution < 1.29 is 32.2 Å². The molecule has 0 spiro atoms. The van der Waals surface area contributed by atoms with E-state index >= 15 is 0 Å². The summed E-state index contributed by atoms with van der Waals surface area (Å²) in [5.41, 5.74) is 1.64. The Hall–Kier alpha value is -4.01. The molecule has 1 aliphatic heterocycles. The number of nitrogens with zero attached hydrogens (tertiary/aromatic N) is 1. The van der Waals surface area contributed by atoms with Crippen LogP contribution in [0.1, 0.15) is 44.0 Å². The predicted octanol–water partition coefficient (Wildman–Crippen LogP) is 6.92. The Morgan fingerprint density at radius 3 is 2.18 bits per heavy atom. The summed E-state index contributed by atoms with van der Waals surface area (Å²) in [7, 11) is 0. The topological polar surface area (TPSA) is 67.9 Å². The van der Waals surface area contributed by atoms with Crippen LogP contribution in [0.3, 0.4) is 0 Å². The molecule has 0 atom stereocenters. The summed E-state index contributed by atoms with van der Waals surface area (Å²) in [5, 5.41) is 2.88. The Morgan fingerprint density at radius 1 is 0.872 bits per heavy atom. The van der Waals surface area contributed by atoms with E-state index in [0.29, 0.717) is 41.2 Å². The van der Waals surface area contributed by atoms with E-state index in [-0.39, 0.29) is 23.7 Å². The first-order valence-electron chi connectivity index (χ1n) is 12.7. The van der Waals surface area contributed by atoms with Gasteiger partial charge in [-0.3, -0.25) is 9.59 Å². The second-order valence-electron chi connectivity index (χ2n) is 10.5. The number of hydrogen-bond donors (Lipinski definition) is 1. The number of ether oxygens (including phenoxy) is 2. The zero-order valence-electron chi connectivity index (χ0n) is 22.0. The van der Waals surface area contributed by atoms with E-state index in [1.165, 1.54) is 24.3 Å². The number of amides is 2. The van der Waals surface area contributed by atoms with Crippen LogP contribution in [0.4, 0.5) is 18.9 Å². The third-order valence-electron chi connectivity index (χ3n) is 6.34. The van der Waals surface area contributed by atoms with Crippen LogP contribution < -0.4 is 14.8 Å². The van der Waals surface area contributed by atoms with Crippen LogP contribution in [0.5, 0.6) is 11.5 Å². The molecular formula is C30H31F3N2O4. The fourth-order valence-corrected chi connectivity index (χ4v) is 4.46. The fourth-order valence-electron chi connectivity index (χ4n) is 4.46. The lowest BCUT2D eigenvalue weighted by atomic mass is 9.93. The highest BCUT2D eigenvalue weighted by Gasteiger charge is 2.32. The van der Waals surface area contributed by atoms with Gasteiger partial charge < -0.3 is 19.7 Å². The van der Waals surface area contributed by atoms with Gasteiger partial charge in [-0.25, -0.2) is 0 Å². The van der Waals surface area contributed by atoms with E-state index in [2.05, 4.69) is 10.1 Å². The molecule has 0 unspecified atom stereocenters. The monoisotopic (exact) mass is 540 g/mol. The molecule has 2 amide bonds. The molecule has 39 heavy (non-hydrogen) atoms. The van der Waals surface area contributed by atoms with Crippen molar-refractivity contribution in [3.63, 3.8) is 0 Å². The Labute approximate surface area is 225 Å². The van der Waals surface area contributed by atoms with E-state index in [9.17, 15) is 22.8 Å². The van der Waals surface area contributed by atoms with Gasteiger partial charge in [0.1, 0.15) is 17.6 Å². The van der Waals surface area contributed by atoms with Crippen molar-refractivity contribution in [3.8, 4) is 22.6 Å². The zero-order valence-corrected chi connectivity index (χ0v) is 22.0. The number of hydrogen-bond acceptors (Lipinski definition) is 4. The number of nitrogens with one attached hydrogen (secondary N) is 1. The van der Waals surface area contributed by atoms with E-state index in [0.717, 1.165) is 12.8 Å². The lowest BCUT2D eigenvalue weighted by molar-refractivity contribution is -0.274. The molecule has 3 aromatic carbocycles. The summed E-state index contributed by atoms with van der Waals surface area (Å²) in [6, 6.07) is 19.3. The van der Waals surface area contributed by atoms with Gasteiger partial charge in [-0.05, 0) is 41.5 Å². The second kappa shape index (κ2) is 11.4. The first-order chi connectivity index (χ1) is 18.4. The molecule has 6 nitrogen and oxygen atoms in total. The van der Waals surface area contributed by atoms with Crippen LogP contribution in [-0.4, -0.2) is 42.3 Å². The molecule has 4 rings (SSSR count). The minimum atomic E-state index is -4.78. The third-order valence-corrected chi connectivity index (χ3v) is 6.34. The van der Waals surface area contributed by atoms with Crippen LogP contribution in [-0.2, 0) is 4.79 Å². The smallest absolute Gasteiger partial charge is 0.490 e. The highest BCUT2D eigenvalue weighted by atomic mass is 19.4. The Balaban J connectivity index is 1.41. The molecule has 1 heterocycles. The molecule has 3 aromatic rings. The average Bonchev–Trinajstić information content (AvgIpc) is 2.88. The number of piperidine rings is 1. The molecule has 206 valence electrons. The van der Waals surface area contributed by atoms with Gasteiger partial charge in [-0.2, -0.15) is 0 Å². The van der Waals surface area contributed by atoms with Gasteiger partial charge >= 0.3 is 6.36 Å². The number of carbonyl (C=O) groups excluding carboxylic acids is 2. The molecule has 0 aromatic heterocycles. The highest BCUT2D eigenvalue weighted by molar-refractivity contribution is 6.08. The number of rotatable bonds is 6. The first-order valence-corrected chi connectivity index (χ1v) is 12.7. The number of alkyl halides is 3. The Kier molecular flexibility index (Phi) is 8.18. The van der Waals surface area contributed by atoms with E-state index in [1.807, 2.05) is 31.7 Å². The summed E-state index contributed by atoms with van der Waals surface area (Å²) in [6.07, 6.45) is -3.37. The van der Waals surface area contributed by atoms with Gasteiger partial charge in [0.05, 0.1) is 0 Å². The number of carbonyl (C=O) groups is 2. The van der Waals surface area contributed by atoms with Gasteiger partial charge in [0.25, 0.3) is 5.91 Å².